The molecule has 4 nitrogen and oxygen atoms in total. The number of halogens is 1. The van der Waals surface area contributed by atoms with Crippen molar-refractivity contribution in [1.29, 1.82) is 0 Å². The molecule has 50 valence electrons. The number of aliphatic hydroxyl groups is 1. The van der Waals surface area contributed by atoms with Gasteiger partial charge in [0.25, 0.3) is 0 Å². The summed E-state index contributed by atoms with van der Waals surface area (Å²) in [5.74, 6) is -0.343. The topological polar surface area (TPSA) is 66.7 Å². The minimum absolute atomic E-state index is 0.343. The number of hydrogen-bond donors (Lipinski definition) is 1. The van der Waals surface area contributed by atoms with Crippen molar-refractivity contribution in [2.75, 3.05) is 0 Å². The van der Waals surface area contributed by atoms with Crippen LogP contribution in [-0.2, 0) is 4.79 Å². The fourth-order valence-electron chi connectivity index (χ4n) is 0.244. The standard InChI is InChI=1S/C4H4INO3/c1-2(7)3(6-9)4(5)8/h7H,1H3. The van der Waals surface area contributed by atoms with Gasteiger partial charge in [0.2, 0.25) is 3.79 Å². The molecule has 0 radical (unpaired) electrons. The summed E-state index contributed by atoms with van der Waals surface area (Å²) >= 11 is 1.37. The van der Waals surface area contributed by atoms with E-state index in [1.807, 2.05) is 0 Å². The molecule has 0 saturated carbocycles. The summed E-state index contributed by atoms with van der Waals surface area (Å²) in [6.45, 7) is 1.23. The Labute approximate surface area is 65.1 Å². The first-order valence-electron chi connectivity index (χ1n) is 2.02. The van der Waals surface area contributed by atoms with Crippen LogP contribution in [0.5, 0.6) is 0 Å². The smallest absolute Gasteiger partial charge is 0.247 e. The van der Waals surface area contributed by atoms with Gasteiger partial charge in [-0.15, -0.1) is 4.91 Å². The summed E-state index contributed by atoms with van der Waals surface area (Å²) in [6, 6.07) is 0. The number of rotatable bonds is 2. The van der Waals surface area contributed by atoms with Crippen LogP contribution in [0.25, 0.3) is 0 Å². The normalized spacial score (nSPS) is 12.2. The molecule has 0 spiro atoms. The summed E-state index contributed by atoms with van der Waals surface area (Å²) < 4.78 is -0.553. The van der Waals surface area contributed by atoms with Crippen LogP contribution in [0, 0.1) is 4.91 Å². The van der Waals surface area contributed by atoms with Crippen LogP contribution in [0.3, 0.4) is 0 Å². The highest BCUT2D eigenvalue weighted by Crippen LogP contribution is 2.07. The second-order valence-electron chi connectivity index (χ2n) is 1.30. The van der Waals surface area contributed by atoms with E-state index in [1.54, 1.807) is 0 Å². The Balaban J connectivity index is 4.55. The molecule has 0 aromatic carbocycles. The molecule has 1 N–H and O–H groups in total. The molecule has 0 aliphatic rings. The first-order chi connectivity index (χ1) is 4.09. The van der Waals surface area contributed by atoms with E-state index in [1.165, 1.54) is 29.5 Å². The first kappa shape index (κ1) is 8.54. The van der Waals surface area contributed by atoms with Gasteiger partial charge in [-0.3, -0.25) is 4.79 Å². The molecule has 0 saturated heterocycles. The van der Waals surface area contributed by atoms with Gasteiger partial charge in [-0.25, -0.2) is 0 Å². The van der Waals surface area contributed by atoms with E-state index in [-0.39, 0.29) is 5.76 Å². The highest BCUT2D eigenvalue weighted by Gasteiger charge is 2.08. The summed E-state index contributed by atoms with van der Waals surface area (Å²) in [7, 11) is 0. The lowest BCUT2D eigenvalue weighted by atomic mass is 10.4. The van der Waals surface area contributed by atoms with Gasteiger partial charge in [-0.2, -0.15) is 0 Å². The van der Waals surface area contributed by atoms with Crippen molar-refractivity contribution in [1.82, 2.24) is 0 Å². The van der Waals surface area contributed by atoms with Gasteiger partial charge in [-0.1, -0.05) is 0 Å². The van der Waals surface area contributed by atoms with Gasteiger partial charge in [0.15, 0.2) is 5.70 Å². The highest BCUT2D eigenvalue weighted by atomic mass is 127. The lowest BCUT2D eigenvalue weighted by Crippen LogP contribution is -1.91. The van der Waals surface area contributed by atoms with E-state index >= 15 is 0 Å². The third-order valence-corrected chi connectivity index (χ3v) is 1.13. The van der Waals surface area contributed by atoms with Crippen LogP contribution in [-0.4, -0.2) is 8.90 Å². The van der Waals surface area contributed by atoms with Crippen LogP contribution < -0.4 is 0 Å². The highest BCUT2D eigenvalue weighted by molar-refractivity contribution is 14.1. The number of carbonyl (C=O) groups excluding carboxylic acids is 1. The predicted molar refractivity (Wildman–Crippen MR) is 40.2 cm³/mol. The Morgan fingerprint density at radius 1 is 1.67 bits per heavy atom. The van der Waals surface area contributed by atoms with Gasteiger partial charge in [0.05, 0.1) is 0 Å². The third kappa shape index (κ3) is 2.54. The summed E-state index contributed by atoms with van der Waals surface area (Å²) in [5, 5.41) is 10.9. The molecule has 9 heavy (non-hydrogen) atoms. The second kappa shape index (κ2) is 3.54. The third-order valence-electron chi connectivity index (χ3n) is 0.620. The van der Waals surface area contributed by atoms with Gasteiger partial charge in [-0.05, 0) is 12.1 Å². The molecule has 0 aromatic heterocycles. The Morgan fingerprint density at radius 3 is 2.11 bits per heavy atom. The minimum atomic E-state index is -0.553. The van der Waals surface area contributed by atoms with E-state index in [2.05, 4.69) is 5.18 Å². The number of carbonyl (C=O) groups is 1. The lowest BCUT2D eigenvalue weighted by Gasteiger charge is -1.88. The Bertz CT molecular complexity index is 171. The molecule has 5 heteroatoms. The fraction of sp³-hybridized carbons (Fsp3) is 0.250. The molecule has 0 aliphatic heterocycles. The Hall–Kier alpha value is -0.460. The van der Waals surface area contributed by atoms with Crippen molar-refractivity contribution in [3.05, 3.63) is 16.4 Å². The molecule has 0 atom stereocenters. The van der Waals surface area contributed by atoms with Gasteiger partial charge in [0.1, 0.15) is 5.76 Å². The minimum Gasteiger partial charge on any atom is -0.510 e. The van der Waals surface area contributed by atoms with Crippen LogP contribution in [0.4, 0.5) is 0 Å². The maximum Gasteiger partial charge on any atom is 0.247 e. The quantitative estimate of drug-likeness (QED) is 0.262. The average molecular weight is 241 g/mol. The Kier molecular flexibility index (Phi) is 3.36. The van der Waals surface area contributed by atoms with Gasteiger partial charge >= 0.3 is 0 Å². The van der Waals surface area contributed by atoms with E-state index in [0.29, 0.717) is 0 Å². The monoisotopic (exact) mass is 241 g/mol. The van der Waals surface area contributed by atoms with Crippen molar-refractivity contribution >= 4 is 26.4 Å². The van der Waals surface area contributed by atoms with E-state index < -0.39 is 9.49 Å². The van der Waals surface area contributed by atoms with Crippen molar-refractivity contribution in [2.45, 2.75) is 6.92 Å². The molecule has 0 heterocycles. The number of allylic oxidation sites excluding steroid dienone is 2. The van der Waals surface area contributed by atoms with Crippen LogP contribution in [0.2, 0.25) is 0 Å². The Morgan fingerprint density at radius 2 is 2.11 bits per heavy atom. The SMILES string of the molecule is CC(O)=C(N=O)C(=O)I. The van der Waals surface area contributed by atoms with Crippen molar-refractivity contribution < 1.29 is 9.90 Å². The zero-order valence-electron chi connectivity index (χ0n) is 4.59. The fourth-order valence-corrected chi connectivity index (χ4v) is 0.733. The molecular formula is C4H4INO3. The van der Waals surface area contributed by atoms with E-state index in [9.17, 15) is 9.70 Å². The van der Waals surface area contributed by atoms with Crippen LogP contribution in [0.15, 0.2) is 16.6 Å². The molecule has 0 aliphatic carbocycles. The summed E-state index contributed by atoms with van der Waals surface area (Å²) in [4.78, 5) is 20.0. The van der Waals surface area contributed by atoms with E-state index in [4.69, 9.17) is 5.11 Å². The first-order valence-corrected chi connectivity index (χ1v) is 3.10. The van der Waals surface area contributed by atoms with E-state index in [0.717, 1.165) is 0 Å². The number of nitroso groups, excluding NO2 is 1. The van der Waals surface area contributed by atoms with Crippen LogP contribution >= 0.6 is 22.6 Å². The predicted octanol–water partition coefficient (Wildman–Crippen LogP) is 1.50. The summed E-state index contributed by atoms with van der Waals surface area (Å²) in [5.41, 5.74) is -0.421. The molecular weight excluding hydrogens is 237 g/mol. The molecule has 0 rings (SSSR count). The van der Waals surface area contributed by atoms with Gasteiger partial charge in [0, 0.05) is 22.6 Å². The molecule has 0 unspecified atom stereocenters. The second-order valence-corrected chi connectivity index (χ2v) is 2.28. The lowest BCUT2D eigenvalue weighted by molar-refractivity contribution is -0.106. The largest absolute Gasteiger partial charge is 0.510 e. The number of hydrogen-bond acceptors (Lipinski definition) is 4. The van der Waals surface area contributed by atoms with Gasteiger partial charge < -0.3 is 5.11 Å². The molecule has 0 amide bonds. The maximum absolute atomic E-state index is 10.3. The van der Waals surface area contributed by atoms with Crippen molar-refractivity contribution in [2.24, 2.45) is 5.18 Å². The summed E-state index contributed by atoms with van der Waals surface area (Å²) in [6.07, 6.45) is 0. The maximum atomic E-state index is 10.3. The number of aliphatic hydroxyl groups excluding tert-OH is 1. The van der Waals surface area contributed by atoms with Crippen molar-refractivity contribution in [3.8, 4) is 0 Å². The zero-order chi connectivity index (χ0) is 7.44. The number of nitrogens with zero attached hydrogens (tertiary/aromatic N) is 1. The zero-order valence-corrected chi connectivity index (χ0v) is 6.75. The van der Waals surface area contributed by atoms with Crippen molar-refractivity contribution in [3.63, 3.8) is 0 Å². The average Bonchev–Trinajstić information content (AvgIpc) is 1.64. The molecule has 0 fully saturated rings. The molecule has 0 aromatic rings. The molecule has 0 bridgehead atoms. The van der Waals surface area contributed by atoms with Crippen LogP contribution in [0.1, 0.15) is 6.92 Å².